The summed E-state index contributed by atoms with van der Waals surface area (Å²) in [6.07, 6.45) is 3.29. The molecule has 7 heteroatoms. The van der Waals surface area contributed by atoms with Crippen LogP contribution in [0.25, 0.3) is 10.9 Å². The van der Waals surface area contributed by atoms with E-state index in [4.69, 9.17) is 4.98 Å². The predicted octanol–water partition coefficient (Wildman–Crippen LogP) is 4.70. The first kappa shape index (κ1) is 21.4. The fourth-order valence-electron chi connectivity index (χ4n) is 3.92. The predicted molar refractivity (Wildman–Crippen MR) is 119 cm³/mol. The lowest BCUT2D eigenvalue weighted by Crippen LogP contribution is -2.48. The van der Waals surface area contributed by atoms with Crippen molar-refractivity contribution in [3.63, 3.8) is 0 Å². The van der Waals surface area contributed by atoms with E-state index in [1.807, 2.05) is 23.1 Å². The number of halogens is 1. The Morgan fingerprint density at radius 2 is 1.96 bits per heavy atom. The first-order valence-electron chi connectivity index (χ1n) is 9.92. The molecule has 0 radical (unpaired) electrons. The summed E-state index contributed by atoms with van der Waals surface area (Å²) in [5.41, 5.74) is 0.623. The highest BCUT2D eigenvalue weighted by atomic mass is 79.9. The van der Waals surface area contributed by atoms with E-state index in [0.717, 1.165) is 17.3 Å². The molecule has 2 aromatic rings. The van der Waals surface area contributed by atoms with Gasteiger partial charge in [-0.2, -0.15) is 0 Å². The number of fused-ring (bicyclic) bond motifs is 1. The topological polar surface area (TPSA) is 55.2 Å². The van der Waals surface area contributed by atoms with Gasteiger partial charge in [0.25, 0.3) is 5.56 Å². The highest BCUT2D eigenvalue weighted by Gasteiger charge is 2.29. The molecule has 0 N–H and O–H groups in total. The van der Waals surface area contributed by atoms with Gasteiger partial charge in [-0.1, -0.05) is 41.5 Å². The fourth-order valence-corrected chi connectivity index (χ4v) is 5.16. The summed E-state index contributed by atoms with van der Waals surface area (Å²) in [6.45, 7) is 8.99. The van der Waals surface area contributed by atoms with Crippen molar-refractivity contribution in [2.45, 2.75) is 70.7 Å². The zero-order valence-electron chi connectivity index (χ0n) is 16.9. The maximum atomic E-state index is 13.1. The highest BCUT2D eigenvalue weighted by Crippen LogP contribution is 2.26. The molecule has 0 saturated carbocycles. The Labute approximate surface area is 179 Å². The number of aromatic nitrogens is 2. The number of carbonyl (C=O) groups is 1. The molecule has 3 rings (SSSR count). The third-order valence-electron chi connectivity index (χ3n) is 5.24. The van der Waals surface area contributed by atoms with Gasteiger partial charge >= 0.3 is 0 Å². The van der Waals surface area contributed by atoms with Crippen LogP contribution in [0.3, 0.4) is 0 Å². The minimum Gasteiger partial charge on any atom is -0.337 e. The molecule has 2 unspecified atom stereocenters. The van der Waals surface area contributed by atoms with Gasteiger partial charge in [0.2, 0.25) is 5.91 Å². The monoisotopic (exact) mass is 465 g/mol. The molecule has 1 saturated heterocycles. The van der Waals surface area contributed by atoms with Crippen LogP contribution in [0, 0.1) is 5.92 Å². The Morgan fingerprint density at radius 1 is 1.29 bits per heavy atom. The van der Waals surface area contributed by atoms with Crippen LogP contribution in [-0.4, -0.2) is 38.2 Å². The normalized spacial score (nSPS) is 20.1. The van der Waals surface area contributed by atoms with E-state index in [9.17, 15) is 9.59 Å². The zero-order valence-corrected chi connectivity index (χ0v) is 19.3. The van der Waals surface area contributed by atoms with Gasteiger partial charge < -0.3 is 4.90 Å². The second-order valence-electron chi connectivity index (χ2n) is 8.08. The van der Waals surface area contributed by atoms with E-state index < -0.39 is 0 Å². The van der Waals surface area contributed by atoms with Gasteiger partial charge in [0.1, 0.15) is 0 Å². The molecular formula is C21H28BrN3O2S. The lowest BCUT2D eigenvalue weighted by atomic mass is 9.98. The molecule has 0 aliphatic carbocycles. The maximum absolute atomic E-state index is 13.1. The molecule has 1 aromatic heterocycles. The molecule has 152 valence electrons. The number of carbonyl (C=O) groups excluding carboxylic acids is 1. The van der Waals surface area contributed by atoms with Gasteiger partial charge in [0, 0.05) is 23.1 Å². The number of rotatable bonds is 5. The van der Waals surface area contributed by atoms with Crippen molar-refractivity contribution in [1.82, 2.24) is 14.5 Å². The molecule has 1 fully saturated rings. The smallest absolute Gasteiger partial charge is 0.262 e. The van der Waals surface area contributed by atoms with Gasteiger partial charge in [-0.15, -0.1) is 0 Å². The largest absolute Gasteiger partial charge is 0.337 e. The minimum atomic E-state index is -0.0466. The van der Waals surface area contributed by atoms with Crippen molar-refractivity contribution in [3.8, 4) is 0 Å². The van der Waals surface area contributed by atoms with E-state index in [0.29, 0.717) is 34.3 Å². The third-order valence-corrected chi connectivity index (χ3v) is 6.69. The number of piperidine rings is 1. The van der Waals surface area contributed by atoms with Crippen molar-refractivity contribution in [2.75, 3.05) is 5.75 Å². The number of thioether (sulfide) groups is 1. The number of nitrogens with zero attached hydrogens (tertiary/aromatic N) is 3. The molecule has 1 aliphatic rings. The summed E-state index contributed by atoms with van der Waals surface area (Å²) in [5.74, 6) is 0.744. The van der Waals surface area contributed by atoms with E-state index in [1.165, 1.54) is 18.2 Å². The van der Waals surface area contributed by atoms with Gasteiger partial charge in [0.15, 0.2) is 5.16 Å². The van der Waals surface area contributed by atoms with Crippen molar-refractivity contribution in [3.05, 3.63) is 33.0 Å². The van der Waals surface area contributed by atoms with Crippen LogP contribution in [0.5, 0.6) is 0 Å². The van der Waals surface area contributed by atoms with Crippen LogP contribution in [-0.2, 0) is 11.3 Å². The van der Waals surface area contributed by atoms with Crippen LogP contribution in [0.2, 0.25) is 0 Å². The maximum Gasteiger partial charge on any atom is 0.262 e. The van der Waals surface area contributed by atoms with Gasteiger partial charge in [-0.3, -0.25) is 14.2 Å². The van der Waals surface area contributed by atoms with Crippen LogP contribution in [0.1, 0.15) is 47.0 Å². The fraction of sp³-hybridized carbons (Fsp3) is 0.571. The van der Waals surface area contributed by atoms with Crippen molar-refractivity contribution >= 4 is 44.5 Å². The quantitative estimate of drug-likeness (QED) is 0.474. The first-order chi connectivity index (χ1) is 13.3. The molecule has 1 amide bonds. The van der Waals surface area contributed by atoms with E-state index >= 15 is 0 Å². The Morgan fingerprint density at radius 3 is 2.61 bits per heavy atom. The summed E-state index contributed by atoms with van der Waals surface area (Å²) in [7, 11) is 0. The second kappa shape index (κ2) is 8.99. The number of hydrogen-bond acceptors (Lipinski definition) is 4. The van der Waals surface area contributed by atoms with Crippen molar-refractivity contribution < 1.29 is 4.79 Å². The first-order valence-corrected chi connectivity index (χ1v) is 11.7. The summed E-state index contributed by atoms with van der Waals surface area (Å²) in [5, 5.41) is 1.23. The lowest BCUT2D eigenvalue weighted by molar-refractivity contribution is -0.134. The zero-order chi connectivity index (χ0) is 20.4. The lowest BCUT2D eigenvalue weighted by Gasteiger charge is -2.39. The Kier molecular flexibility index (Phi) is 6.86. The number of likely N-dealkylation sites (tertiary alicyclic amines) is 1. The summed E-state index contributed by atoms with van der Waals surface area (Å²) in [6, 6.07) is 6.10. The number of hydrogen-bond donors (Lipinski definition) is 0. The molecule has 0 spiro atoms. The molecule has 5 nitrogen and oxygen atoms in total. The molecular weight excluding hydrogens is 438 g/mol. The number of amides is 1. The van der Waals surface area contributed by atoms with Crippen LogP contribution >= 0.6 is 27.7 Å². The molecule has 2 heterocycles. The van der Waals surface area contributed by atoms with Gasteiger partial charge in [-0.05, 0) is 57.2 Å². The Hall–Kier alpha value is -1.34. The van der Waals surface area contributed by atoms with Crippen LogP contribution in [0.4, 0.5) is 0 Å². The van der Waals surface area contributed by atoms with Crippen molar-refractivity contribution in [1.29, 1.82) is 0 Å². The standard InChI is InChI=1S/C21H28BrN3O2S/c1-13(2)11-24-20(27)17-10-16(22)8-9-18(17)23-21(24)28-12-19(26)25-14(3)6-5-7-15(25)4/h8-10,13-15H,5-7,11-12H2,1-4H3. The molecule has 1 aliphatic heterocycles. The molecule has 2 atom stereocenters. The minimum absolute atomic E-state index is 0.0466. The Bertz CT molecular complexity index is 918. The Balaban J connectivity index is 1.90. The van der Waals surface area contributed by atoms with E-state index in [1.54, 1.807) is 4.57 Å². The third kappa shape index (κ3) is 4.62. The highest BCUT2D eigenvalue weighted by molar-refractivity contribution is 9.10. The molecule has 28 heavy (non-hydrogen) atoms. The number of benzene rings is 1. The summed E-state index contributed by atoms with van der Waals surface area (Å²) in [4.78, 5) is 32.7. The summed E-state index contributed by atoms with van der Waals surface area (Å²) >= 11 is 4.81. The van der Waals surface area contributed by atoms with Gasteiger partial charge in [0.05, 0.1) is 16.7 Å². The van der Waals surface area contributed by atoms with Crippen molar-refractivity contribution in [2.24, 2.45) is 5.92 Å². The molecule has 1 aromatic carbocycles. The van der Waals surface area contributed by atoms with E-state index in [-0.39, 0.29) is 23.6 Å². The average Bonchev–Trinajstić information content (AvgIpc) is 2.63. The van der Waals surface area contributed by atoms with Gasteiger partial charge in [-0.25, -0.2) is 4.98 Å². The molecule has 0 bridgehead atoms. The summed E-state index contributed by atoms with van der Waals surface area (Å²) < 4.78 is 2.58. The second-order valence-corrected chi connectivity index (χ2v) is 9.94. The average molecular weight is 466 g/mol. The van der Waals surface area contributed by atoms with E-state index in [2.05, 4.69) is 43.6 Å². The SMILES string of the molecule is CC(C)Cn1c(SCC(=O)N2C(C)CCCC2C)nc2ccc(Br)cc2c1=O. The van der Waals surface area contributed by atoms with Crippen LogP contribution < -0.4 is 5.56 Å². The van der Waals surface area contributed by atoms with Crippen LogP contribution in [0.15, 0.2) is 32.6 Å².